The van der Waals surface area contributed by atoms with E-state index in [4.69, 9.17) is 0 Å². The van der Waals surface area contributed by atoms with Gasteiger partial charge < -0.3 is 0 Å². The minimum Gasteiger partial charge on any atom is -0.206 e. The quantitative estimate of drug-likeness (QED) is 0.602. The molecule has 1 rings (SSSR count). The van der Waals surface area contributed by atoms with Gasteiger partial charge in [0.1, 0.15) is 5.82 Å². The normalized spacial score (nSPS) is 10.7. The van der Waals surface area contributed by atoms with Gasteiger partial charge >= 0.3 is 0 Å². The summed E-state index contributed by atoms with van der Waals surface area (Å²) < 4.78 is 13.3. The number of rotatable bonds is 2. The van der Waals surface area contributed by atoms with E-state index in [9.17, 15) is 4.39 Å². The molecule has 1 aromatic carbocycles. The van der Waals surface area contributed by atoms with Crippen molar-refractivity contribution in [3.8, 4) is 0 Å². The fourth-order valence-corrected chi connectivity index (χ4v) is 1.32. The van der Waals surface area contributed by atoms with E-state index in [2.05, 4.69) is 6.58 Å². The second kappa shape index (κ2) is 4.04. The Balaban J connectivity index is 3.20. The Bertz CT molecular complexity index is 328. The van der Waals surface area contributed by atoms with Crippen molar-refractivity contribution in [1.82, 2.24) is 0 Å². The minimum atomic E-state index is -0.205. The average Bonchev–Trinajstić information content (AvgIpc) is 2.04. The molecule has 0 unspecified atom stereocenters. The van der Waals surface area contributed by atoms with E-state index in [0.29, 0.717) is 5.56 Å². The van der Waals surface area contributed by atoms with Crippen LogP contribution in [0.1, 0.15) is 18.1 Å². The molecule has 0 N–H and O–H groups in total. The molecular formula is C12H13F. The fourth-order valence-electron chi connectivity index (χ4n) is 1.32. The first-order chi connectivity index (χ1) is 6.16. The minimum absolute atomic E-state index is 0.205. The lowest BCUT2D eigenvalue weighted by Gasteiger charge is -2.06. The molecule has 13 heavy (non-hydrogen) atoms. The van der Waals surface area contributed by atoms with Crippen molar-refractivity contribution >= 4 is 5.57 Å². The summed E-state index contributed by atoms with van der Waals surface area (Å²) in [6, 6.07) is 5.04. The summed E-state index contributed by atoms with van der Waals surface area (Å²) in [4.78, 5) is 0. The van der Waals surface area contributed by atoms with E-state index in [1.54, 1.807) is 6.07 Å². The Morgan fingerprint density at radius 2 is 2.15 bits per heavy atom. The van der Waals surface area contributed by atoms with Crippen molar-refractivity contribution in [2.45, 2.75) is 13.8 Å². The topological polar surface area (TPSA) is 0 Å². The molecular weight excluding hydrogens is 163 g/mol. The van der Waals surface area contributed by atoms with Gasteiger partial charge in [-0.1, -0.05) is 30.9 Å². The molecule has 0 heterocycles. The van der Waals surface area contributed by atoms with Crippen LogP contribution >= 0.6 is 0 Å². The molecule has 0 bridgehead atoms. The molecule has 0 radical (unpaired) electrons. The van der Waals surface area contributed by atoms with Crippen molar-refractivity contribution in [3.63, 3.8) is 0 Å². The van der Waals surface area contributed by atoms with E-state index in [1.807, 2.05) is 32.1 Å². The predicted octanol–water partition coefficient (Wildman–Crippen LogP) is 3.72. The van der Waals surface area contributed by atoms with Gasteiger partial charge in [0, 0.05) is 5.56 Å². The van der Waals surface area contributed by atoms with Gasteiger partial charge in [0.25, 0.3) is 0 Å². The number of hydrogen-bond acceptors (Lipinski definition) is 0. The highest BCUT2D eigenvalue weighted by atomic mass is 19.1. The zero-order chi connectivity index (χ0) is 9.84. The number of halogens is 1. The maximum absolute atomic E-state index is 13.3. The number of allylic oxidation sites excluding steroid dienone is 3. The zero-order valence-corrected chi connectivity index (χ0v) is 7.97. The van der Waals surface area contributed by atoms with Crippen LogP contribution in [-0.2, 0) is 0 Å². The largest absolute Gasteiger partial charge is 0.206 e. The van der Waals surface area contributed by atoms with E-state index < -0.39 is 0 Å². The van der Waals surface area contributed by atoms with Gasteiger partial charge in [0.2, 0.25) is 0 Å². The van der Waals surface area contributed by atoms with Crippen LogP contribution in [0.5, 0.6) is 0 Å². The van der Waals surface area contributed by atoms with Crippen molar-refractivity contribution in [2.75, 3.05) is 0 Å². The monoisotopic (exact) mass is 176 g/mol. The first-order valence-electron chi connectivity index (χ1n) is 4.24. The lowest BCUT2D eigenvalue weighted by molar-refractivity contribution is 0.623. The Morgan fingerprint density at radius 1 is 1.46 bits per heavy atom. The number of aryl methyl sites for hydroxylation is 1. The van der Waals surface area contributed by atoms with Crippen LogP contribution in [0.15, 0.2) is 36.9 Å². The van der Waals surface area contributed by atoms with Gasteiger partial charge in [-0.15, -0.1) is 0 Å². The summed E-state index contributed by atoms with van der Waals surface area (Å²) in [6.07, 6.45) is 3.67. The molecule has 0 atom stereocenters. The second-order valence-corrected chi connectivity index (χ2v) is 2.96. The standard InChI is InChI=1S/C12H13F/c1-4-6-9(2)12-10(3)7-5-8-11(12)13/h4-8H,2H2,1,3H3/b6-4+. The highest BCUT2D eigenvalue weighted by Crippen LogP contribution is 2.21. The molecule has 0 amide bonds. The van der Waals surface area contributed by atoms with Crippen molar-refractivity contribution in [1.29, 1.82) is 0 Å². The lowest BCUT2D eigenvalue weighted by Crippen LogP contribution is -1.90. The molecule has 1 heteroatoms. The van der Waals surface area contributed by atoms with Gasteiger partial charge in [0.05, 0.1) is 0 Å². The summed E-state index contributed by atoms with van der Waals surface area (Å²) >= 11 is 0. The first kappa shape index (κ1) is 9.72. The molecule has 0 aromatic heterocycles. The molecule has 0 aliphatic heterocycles. The maximum atomic E-state index is 13.3. The summed E-state index contributed by atoms with van der Waals surface area (Å²) in [5, 5.41) is 0. The van der Waals surface area contributed by atoms with Crippen molar-refractivity contribution in [3.05, 3.63) is 53.9 Å². The molecule has 0 spiro atoms. The van der Waals surface area contributed by atoms with E-state index in [1.165, 1.54) is 6.07 Å². The van der Waals surface area contributed by atoms with Crippen LogP contribution in [0.2, 0.25) is 0 Å². The van der Waals surface area contributed by atoms with Gasteiger partial charge in [-0.05, 0) is 31.1 Å². The third-order valence-corrected chi connectivity index (χ3v) is 1.91. The molecule has 0 fully saturated rings. The highest BCUT2D eigenvalue weighted by molar-refractivity contribution is 5.74. The molecule has 0 saturated carbocycles. The van der Waals surface area contributed by atoms with Crippen LogP contribution in [0.25, 0.3) is 5.57 Å². The molecule has 0 saturated heterocycles. The average molecular weight is 176 g/mol. The maximum Gasteiger partial charge on any atom is 0.131 e. The Labute approximate surface area is 78.4 Å². The third kappa shape index (κ3) is 2.05. The second-order valence-electron chi connectivity index (χ2n) is 2.96. The summed E-state index contributed by atoms with van der Waals surface area (Å²) in [5.74, 6) is -0.205. The first-order valence-corrected chi connectivity index (χ1v) is 4.24. The van der Waals surface area contributed by atoms with E-state index in [0.717, 1.165) is 11.1 Å². The summed E-state index contributed by atoms with van der Waals surface area (Å²) in [6.45, 7) is 7.58. The van der Waals surface area contributed by atoms with Crippen LogP contribution < -0.4 is 0 Å². The van der Waals surface area contributed by atoms with Crippen LogP contribution in [0.4, 0.5) is 4.39 Å². The summed E-state index contributed by atoms with van der Waals surface area (Å²) in [7, 11) is 0. The van der Waals surface area contributed by atoms with Gasteiger partial charge in [-0.2, -0.15) is 0 Å². The highest BCUT2D eigenvalue weighted by Gasteiger charge is 2.05. The third-order valence-electron chi connectivity index (χ3n) is 1.91. The Morgan fingerprint density at radius 3 is 2.69 bits per heavy atom. The van der Waals surface area contributed by atoms with E-state index >= 15 is 0 Å². The molecule has 0 nitrogen and oxygen atoms in total. The lowest BCUT2D eigenvalue weighted by atomic mass is 10.0. The summed E-state index contributed by atoms with van der Waals surface area (Å²) in [5.41, 5.74) is 2.25. The van der Waals surface area contributed by atoms with Crippen molar-refractivity contribution in [2.24, 2.45) is 0 Å². The zero-order valence-electron chi connectivity index (χ0n) is 7.97. The Hall–Kier alpha value is -1.37. The molecule has 1 aromatic rings. The van der Waals surface area contributed by atoms with Crippen LogP contribution in [0, 0.1) is 12.7 Å². The van der Waals surface area contributed by atoms with Crippen LogP contribution in [-0.4, -0.2) is 0 Å². The van der Waals surface area contributed by atoms with Gasteiger partial charge in [-0.25, -0.2) is 4.39 Å². The smallest absolute Gasteiger partial charge is 0.131 e. The molecule has 0 aliphatic rings. The van der Waals surface area contributed by atoms with Gasteiger partial charge in [0.15, 0.2) is 0 Å². The van der Waals surface area contributed by atoms with Gasteiger partial charge in [-0.3, -0.25) is 0 Å². The van der Waals surface area contributed by atoms with Crippen LogP contribution in [0.3, 0.4) is 0 Å². The molecule has 0 aliphatic carbocycles. The SMILES string of the molecule is C=C(/C=C/C)c1c(C)cccc1F. The van der Waals surface area contributed by atoms with E-state index in [-0.39, 0.29) is 5.82 Å². The number of hydrogen-bond donors (Lipinski definition) is 0. The molecule has 68 valence electrons. The predicted molar refractivity (Wildman–Crippen MR) is 55.0 cm³/mol. The van der Waals surface area contributed by atoms with Crippen molar-refractivity contribution < 1.29 is 4.39 Å². The fraction of sp³-hybridized carbons (Fsp3) is 0.167. The number of benzene rings is 1. The Kier molecular flexibility index (Phi) is 3.02.